The summed E-state index contributed by atoms with van der Waals surface area (Å²) in [7, 11) is 3.08. The minimum Gasteiger partial charge on any atom is -0.497 e. The summed E-state index contributed by atoms with van der Waals surface area (Å²) in [4.78, 5) is 17.1. The van der Waals surface area contributed by atoms with Gasteiger partial charge in [0.2, 0.25) is 11.7 Å². The first kappa shape index (κ1) is 17.1. The highest BCUT2D eigenvalue weighted by Crippen LogP contribution is 2.39. The highest BCUT2D eigenvalue weighted by atomic mass is 16.5. The number of benzene rings is 2. The number of methoxy groups -OCH3 is 2. The van der Waals surface area contributed by atoms with E-state index in [0.29, 0.717) is 40.4 Å². The van der Waals surface area contributed by atoms with Crippen molar-refractivity contribution in [3.63, 3.8) is 0 Å². The predicted octanol–water partition coefficient (Wildman–Crippen LogP) is 3.88. The van der Waals surface area contributed by atoms with E-state index in [1.165, 1.54) is 0 Å². The largest absolute Gasteiger partial charge is 0.497 e. The molecule has 1 heterocycles. The smallest absolute Gasteiger partial charge is 0.255 e. The number of aromatic nitrogens is 2. The molecule has 3 aromatic rings. The molecule has 7 nitrogen and oxygen atoms in total. The number of hydrogen-bond donors (Lipinski definition) is 1. The summed E-state index contributed by atoms with van der Waals surface area (Å²) in [6, 6.07) is 12.4. The van der Waals surface area contributed by atoms with Crippen molar-refractivity contribution < 1.29 is 18.8 Å². The van der Waals surface area contributed by atoms with Gasteiger partial charge in [0.15, 0.2) is 0 Å². The molecule has 138 valence electrons. The Morgan fingerprint density at radius 3 is 2.52 bits per heavy atom. The number of nitrogens with zero attached hydrogens (tertiary/aromatic N) is 2. The Morgan fingerprint density at radius 1 is 1.11 bits per heavy atom. The molecule has 4 rings (SSSR count). The van der Waals surface area contributed by atoms with Gasteiger partial charge >= 0.3 is 0 Å². The molecule has 1 saturated carbocycles. The maximum absolute atomic E-state index is 12.6. The molecule has 0 bridgehead atoms. The van der Waals surface area contributed by atoms with Crippen molar-refractivity contribution in [1.82, 2.24) is 10.1 Å². The first-order valence-electron chi connectivity index (χ1n) is 8.64. The zero-order valence-corrected chi connectivity index (χ0v) is 15.1. The first-order chi connectivity index (χ1) is 13.2. The van der Waals surface area contributed by atoms with Crippen LogP contribution in [0.2, 0.25) is 0 Å². The van der Waals surface area contributed by atoms with Crippen LogP contribution in [0.15, 0.2) is 47.0 Å². The van der Waals surface area contributed by atoms with Gasteiger partial charge in [-0.25, -0.2) is 0 Å². The van der Waals surface area contributed by atoms with E-state index in [1.54, 1.807) is 38.5 Å². The van der Waals surface area contributed by atoms with Crippen molar-refractivity contribution in [2.75, 3.05) is 19.5 Å². The Kier molecular flexibility index (Phi) is 4.50. The lowest BCUT2D eigenvalue weighted by Gasteiger charge is -2.09. The molecule has 0 saturated heterocycles. The lowest BCUT2D eigenvalue weighted by atomic mass is 10.1. The van der Waals surface area contributed by atoms with E-state index in [9.17, 15) is 4.79 Å². The van der Waals surface area contributed by atoms with Crippen LogP contribution in [0, 0.1) is 0 Å². The molecule has 1 aliphatic rings. The number of nitrogens with one attached hydrogen (secondary N) is 1. The van der Waals surface area contributed by atoms with Gasteiger partial charge in [-0.2, -0.15) is 4.98 Å². The van der Waals surface area contributed by atoms with Crippen molar-refractivity contribution >= 4 is 11.6 Å². The van der Waals surface area contributed by atoms with Gasteiger partial charge in [0.25, 0.3) is 5.91 Å². The summed E-state index contributed by atoms with van der Waals surface area (Å²) >= 11 is 0. The third kappa shape index (κ3) is 3.76. The molecular weight excluding hydrogens is 346 g/mol. The van der Waals surface area contributed by atoms with Gasteiger partial charge in [-0.3, -0.25) is 4.79 Å². The third-order valence-electron chi connectivity index (χ3n) is 4.36. The van der Waals surface area contributed by atoms with Crippen LogP contribution in [0.1, 0.15) is 35.0 Å². The Bertz CT molecular complexity index is 957. The van der Waals surface area contributed by atoms with E-state index >= 15 is 0 Å². The molecule has 0 aliphatic heterocycles. The average Bonchev–Trinajstić information content (AvgIpc) is 3.44. The number of ether oxygens (including phenoxy) is 2. The van der Waals surface area contributed by atoms with Crippen molar-refractivity contribution in [2.45, 2.75) is 18.8 Å². The number of hydrogen-bond acceptors (Lipinski definition) is 6. The van der Waals surface area contributed by atoms with Crippen LogP contribution in [0.25, 0.3) is 11.4 Å². The number of carbonyl (C=O) groups excluding carboxylic acids is 1. The highest BCUT2D eigenvalue weighted by molar-refractivity contribution is 6.05. The van der Waals surface area contributed by atoms with Crippen LogP contribution in [0.5, 0.6) is 11.5 Å². The van der Waals surface area contributed by atoms with E-state index < -0.39 is 0 Å². The number of carbonyl (C=O) groups is 1. The summed E-state index contributed by atoms with van der Waals surface area (Å²) in [6.45, 7) is 0. The normalized spacial score (nSPS) is 13.3. The molecule has 0 spiro atoms. The van der Waals surface area contributed by atoms with E-state index in [2.05, 4.69) is 15.5 Å². The van der Waals surface area contributed by atoms with E-state index in [4.69, 9.17) is 14.0 Å². The second-order valence-electron chi connectivity index (χ2n) is 6.37. The summed E-state index contributed by atoms with van der Waals surface area (Å²) < 4.78 is 15.7. The average molecular weight is 365 g/mol. The minimum absolute atomic E-state index is 0.267. The maximum atomic E-state index is 12.6. The molecule has 1 aromatic heterocycles. The molecule has 1 N–H and O–H groups in total. The van der Waals surface area contributed by atoms with Crippen molar-refractivity contribution in [2.24, 2.45) is 0 Å². The second kappa shape index (κ2) is 7.11. The van der Waals surface area contributed by atoms with Gasteiger partial charge < -0.3 is 19.3 Å². The molecule has 1 amide bonds. The number of amides is 1. The van der Waals surface area contributed by atoms with Gasteiger partial charge in [0.05, 0.1) is 14.2 Å². The number of anilines is 1. The molecule has 0 atom stereocenters. The Labute approximate surface area is 156 Å². The van der Waals surface area contributed by atoms with Crippen molar-refractivity contribution in [3.8, 4) is 22.9 Å². The SMILES string of the molecule is COc1cc(OC)cc(C(=O)Nc2cccc(-c3noc(C4CC4)n3)c2)c1. The van der Waals surface area contributed by atoms with Gasteiger partial charge in [-0.1, -0.05) is 17.3 Å². The van der Waals surface area contributed by atoms with Crippen LogP contribution < -0.4 is 14.8 Å². The standard InChI is InChI=1S/C20H19N3O4/c1-25-16-9-14(10-17(11-16)26-2)19(24)21-15-5-3-4-13(8-15)18-22-20(27-23-18)12-6-7-12/h3-5,8-12H,6-7H2,1-2H3,(H,21,24). The minimum atomic E-state index is -0.267. The maximum Gasteiger partial charge on any atom is 0.255 e. The predicted molar refractivity (Wildman–Crippen MR) is 99.2 cm³/mol. The molecule has 0 radical (unpaired) electrons. The Morgan fingerprint density at radius 2 is 1.85 bits per heavy atom. The van der Waals surface area contributed by atoms with Crippen LogP contribution >= 0.6 is 0 Å². The highest BCUT2D eigenvalue weighted by Gasteiger charge is 2.29. The van der Waals surface area contributed by atoms with Crippen molar-refractivity contribution in [3.05, 3.63) is 53.9 Å². The van der Waals surface area contributed by atoms with Gasteiger partial charge in [-0.15, -0.1) is 0 Å². The first-order valence-corrected chi connectivity index (χ1v) is 8.64. The lowest BCUT2D eigenvalue weighted by Crippen LogP contribution is -2.12. The molecule has 1 aliphatic carbocycles. The van der Waals surface area contributed by atoms with Crippen LogP contribution in [0.3, 0.4) is 0 Å². The second-order valence-corrected chi connectivity index (χ2v) is 6.37. The van der Waals surface area contributed by atoms with Gasteiger partial charge in [0.1, 0.15) is 11.5 Å². The molecular formula is C20H19N3O4. The van der Waals surface area contributed by atoms with E-state index in [-0.39, 0.29) is 5.91 Å². The summed E-state index contributed by atoms with van der Waals surface area (Å²) in [5, 5.41) is 6.92. The fraction of sp³-hybridized carbons (Fsp3) is 0.250. The fourth-order valence-corrected chi connectivity index (χ4v) is 2.73. The van der Waals surface area contributed by atoms with Crippen LogP contribution in [-0.2, 0) is 0 Å². The third-order valence-corrected chi connectivity index (χ3v) is 4.36. The van der Waals surface area contributed by atoms with E-state index in [0.717, 1.165) is 18.4 Å². The quantitative estimate of drug-likeness (QED) is 0.713. The molecule has 0 unspecified atom stereocenters. The monoisotopic (exact) mass is 365 g/mol. The summed E-state index contributed by atoms with van der Waals surface area (Å²) in [5.41, 5.74) is 1.86. The Balaban J connectivity index is 1.54. The topological polar surface area (TPSA) is 86.5 Å². The van der Waals surface area contributed by atoms with Crippen LogP contribution in [0.4, 0.5) is 5.69 Å². The summed E-state index contributed by atoms with van der Waals surface area (Å²) in [6.07, 6.45) is 2.20. The fourth-order valence-electron chi connectivity index (χ4n) is 2.73. The molecule has 7 heteroatoms. The Hall–Kier alpha value is -3.35. The molecule has 27 heavy (non-hydrogen) atoms. The van der Waals surface area contributed by atoms with E-state index in [1.807, 2.05) is 18.2 Å². The van der Waals surface area contributed by atoms with Gasteiger partial charge in [0, 0.05) is 28.8 Å². The zero-order chi connectivity index (χ0) is 18.8. The van der Waals surface area contributed by atoms with Crippen LogP contribution in [-0.4, -0.2) is 30.3 Å². The molecule has 1 fully saturated rings. The summed E-state index contributed by atoms with van der Waals surface area (Å²) in [5.74, 6) is 2.44. The molecule has 2 aromatic carbocycles. The van der Waals surface area contributed by atoms with Gasteiger partial charge in [-0.05, 0) is 37.1 Å². The number of rotatable bonds is 6. The zero-order valence-electron chi connectivity index (χ0n) is 15.1. The lowest BCUT2D eigenvalue weighted by molar-refractivity contribution is 0.102. The van der Waals surface area contributed by atoms with Crippen molar-refractivity contribution in [1.29, 1.82) is 0 Å².